The number of hydrogen-bond acceptors (Lipinski definition) is 0. The standard InChI is InChI=1S/C22H19F3/c1-14-4-6-17(7-5-14)18-8-9-21(22(23,24)25)20(13-18)19-11-15(2)10-16(3)12-19/h4-13H,1-3H3. The topological polar surface area (TPSA) is 0 Å². The van der Waals surface area contributed by atoms with Crippen molar-refractivity contribution >= 4 is 0 Å². The van der Waals surface area contributed by atoms with E-state index in [1.165, 1.54) is 6.07 Å². The largest absolute Gasteiger partial charge is 0.417 e. The van der Waals surface area contributed by atoms with Gasteiger partial charge in [0.1, 0.15) is 0 Å². The number of benzene rings is 3. The highest BCUT2D eigenvalue weighted by Crippen LogP contribution is 2.39. The molecule has 25 heavy (non-hydrogen) atoms. The highest BCUT2D eigenvalue weighted by atomic mass is 19.4. The summed E-state index contributed by atoms with van der Waals surface area (Å²) < 4.78 is 40.6. The fourth-order valence-corrected chi connectivity index (χ4v) is 3.09. The smallest absolute Gasteiger partial charge is 0.166 e. The molecule has 0 nitrogen and oxygen atoms in total. The van der Waals surface area contributed by atoms with Gasteiger partial charge in [0.2, 0.25) is 0 Å². The first-order chi connectivity index (χ1) is 11.7. The predicted molar refractivity (Wildman–Crippen MR) is 96.5 cm³/mol. The van der Waals surface area contributed by atoms with Crippen molar-refractivity contribution in [3.8, 4) is 22.3 Å². The van der Waals surface area contributed by atoms with Crippen LogP contribution in [0.4, 0.5) is 13.2 Å². The first-order valence-electron chi connectivity index (χ1n) is 8.11. The third-order valence-electron chi connectivity index (χ3n) is 4.24. The summed E-state index contributed by atoms with van der Waals surface area (Å²) in [6, 6.07) is 17.7. The van der Waals surface area contributed by atoms with Crippen LogP contribution in [0.2, 0.25) is 0 Å². The number of alkyl halides is 3. The Morgan fingerprint density at radius 2 is 1.12 bits per heavy atom. The molecule has 0 saturated heterocycles. The van der Waals surface area contributed by atoms with Gasteiger partial charge >= 0.3 is 6.18 Å². The lowest BCUT2D eigenvalue weighted by Crippen LogP contribution is -2.07. The number of hydrogen-bond donors (Lipinski definition) is 0. The van der Waals surface area contributed by atoms with E-state index in [2.05, 4.69) is 0 Å². The van der Waals surface area contributed by atoms with Crippen molar-refractivity contribution in [2.75, 3.05) is 0 Å². The van der Waals surface area contributed by atoms with Crippen LogP contribution < -0.4 is 0 Å². The van der Waals surface area contributed by atoms with Gasteiger partial charge in [-0.05, 0) is 55.2 Å². The van der Waals surface area contributed by atoms with Gasteiger partial charge in [-0.3, -0.25) is 0 Å². The Morgan fingerprint density at radius 1 is 0.560 bits per heavy atom. The SMILES string of the molecule is Cc1ccc(-c2ccc(C(F)(F)F)c(-c3cc(C)cc(C)c3)c2)cc1. The second-order valence-electron chi connectivity index (χ2n) is 6.50. The molecular weight excluding hydrogens is 321 g/mol. The number of aryl methyl sites for hydroxylation is 3. The van der Waals surface area contributed by atoms with Crippen molar-refractivity contribution in [1.29, 1.82) is 0 Å². The van der Waals surface area contributed by atoms with Gasteiger partial charge in [-0.2, -0.15) is 13.2 Å². The van der Waals surface area contributed by atoms with Crippen LogP contribution in [-0.2, 0) is 6.18 Å². The van der Waals surface area contributed by atoms with E-state index in [1.807, 2.05) is 51.1 Å². The van der Waals surface area contributed by atoms with Crippen LogP contribution in [-0.4, -0.2) is 0 Å². The van der Waals surface area contributed by atoms with Gasteiger partial charge in [0.15, 0.2) is 0 Å². The minimum absolute atomic E-state index is 0.220. The van der Waals surface area contributed by atoms with Crippen LogP contribution in [0.5, 0.6) is 0 Å². The second kappa shape index (κ2) is 6.40. The number of halogens is 3. The van der Waals surface area contributed by atoms with Gasteiger partial charge in [0, 0.05) is 0 Å². The van der Waals surface area contributed by atoms with Crippen LogP contribution in [0, 0.1) is 20.8 Å². The Hall–Kier alpha value is -2.55. The molecule has 0 fully saturated rings. The summed E-state index contributed by atoms with van der Waals surface area (Å²) in [4.78, 5) is 0. The fourth-order valence-electron chi connectivity index (χ4n) is 3.09. The van der Waals surface area contributed by atoms with Crippen molar-refractivity contribution in [2.24, 2.45) is 0 Å². The Kier molecular flexibility index (Phi) is 4.42. The molecule has 128 valence electrons. The molecule has 0 N–H and O–H groups in total. The van der Waals surface area contributed by atoms with Crippen molar-refractivity contribution in [3.05, 3.63) is 82.9 Å². The van der Waals surface area contributed by atoms with Gasteiger partial charge in [-0.1, -0.05) is 65.2 Å². The molecule has 0 heterocycles. The van der Waals surface area contributed by atoms with Gasteiger partial charge in [-0.15, -0.1) is 0 Å². The van der Waals surface area contributed by atoms with E-state index < -0.39 is 11.7 Å². The average Bonchev–Trinajstić information content (AvgIpc) is 2.53. The van der Waals surface area contributed by atoms with Crippen molar-refractivity contribution < 1.29 is 13.2 Å². The zero-order valence-electron chi connectivity index (χ0n) is 14.4. The van der Waals surface area contributed by atoms with Crippen LogP contribution in [0.1, 0.15) is 22.3 Å². The summed E-state index contributed by atoms with van der Waals surface area (Å²) in [7, 11) is 0. The third-order valence-corrected chi connectivity index (χ3v) is 4.24. The molecular formula is C22H19F3. The van der Waals surface area contributed by atoms with E-state index in [1.54, 1.807) is 24.3 Å². The lowest BCUT2D eigenvalue weighted by atomic mass is 9.92. The molecule has 0 aliphatic rings. The van der Waals surface area contributed by atoms with Crippen LogP contribution in [0.25, 0.3) is 22.3 Å². The average molecular weight is 340 g/mol. The van der Waals surface area contributed by atoms with Crippen LogP contribution in [0.3, 0.4) is 0 Å². The highest BCUT2D eigenvalue weighted by Gasteiger charge is 2.33. The Labute approximate surface area is 146 Å². The molecule has 3 heteroatoms. The molecule has 0 aliphatic carbocycles. The molecule has 0 amide bonds. The fraction of sp³-hybridized carbons (Fsp3) is 0.182. The second-order valence-corrected chi connectivity index (χ2v) is 6.50. The van der Waals surface area contributed by atoms with E-state index in [0.29, 0.717) is 5.56 Å². The minimum Gasteiger partial charge on any atom is -0.166 e. The van der Waals surface area contributed by atoms with E-state index in [4.69, 9.17) is 0 Å². The maximum absolute atomic E-state index is 13.5. The molecule has 0 radical (unpaired) electrons. The summed E-state index contributed by atoms with van der Waals surface area (Å²) in [6.45, 7) is 5.78. The maximum Gasteiger partial charge on any atom is 0.417 e. The normalized spacial score (nSPS) is 11.6. The van der Waals surface area contributed by atoms with Crippen LogP contribution in [0.15, 0.2) is 60.7 Å². The van der Waals surface area contributed by atoms with E-state index in [-0.39, 0.29) is 5.56 Å². The molecule has 0 saturated carbocycles. The molecule has 0 aliphatic heterocycles. The molecule has 3 rings (SSSR count). The van der Waals surface area contributed by atoms with E-state index in [9.17, 15) is 13.2 Å². The van der Waals surface area contributed by atoms with E-state index in [0.717, 1.165) is 27.8 Å². The van der Waals surface area contributed by atoms with Crippen molar-refractivity contribution in [1.82, 2.24) is 0 Å². The zero-order valence-corrected chi connectivity index (χ0v) is 14.4. The Morgan fingerprint density at radius 3 is 1.68 bits per heavy atom. The first kappa shape index (κ1) is 17.3. The highest BCUT2D eigenvalue weighted by molar-refractivity contribution is 5.76. The van der Waals surface area contributed by atoms with Crippen molar-refractivity contribution in [3.63, 3.8) is 0 Å². The van der Waals surface area contributed by atoms with Gasteiger partial charge < -0.3 is 0 Å². The summed E-state index contributed by atoms with van der Waals surface area (Å²) in [5.74, 6) is 0. The quantitative estimate of drug-likeness (QED) is 0.473. The summed E-state index contributed by atoms with van der Waals surface area (Å²) in [6.07, 6.45) is -4.39. The van der Waals surface area contributed by atoms with Gasteiger partial charge in [0.05, 0.1) is 5.56 Å². The van der Waals surface area contributed by atoms with E-state index >= 15 is 0 Å². The lowest BCUT2D eigenvalue weighted by molar-refractivity contribution is -0.137. The molecule has 3 aromatic rings. The third kappa shape index (κ3) is 3.76. The molecule has 0 aromatic heterocycles. The maximum atomic E-state index is 13.5. The van der Waals surface area contributed by atoms with Gasteiger partial charge in [-0.25, -0.2) is 0 Å². The minimum atomic E-state index is -4.39. The molecule has 0 unspecified atom stereocenters. The van der Waals surface area contributed by atoms with Crippen LogP contribution >= 0.6 is 0 Å². The molecule has 0 bridgehead atoms. The summed E-state index contributed by atoms with van der Waals surface area (Å²) in [5.41, 5.74) is 4.91. The predicted octanol–water partition coefficient (Wildman–Crippen LogP) is 6.96. The van der Waals surface area contributed by atoms with Crippen molar-refractivity contribution in [2.45, 2.75) is 26.9 Å². The first-order valence-corrected chi connectivity index (χ1v) is 8.11. The Bertz CT molecular complexity index is 883. The summed E-state index contributed by atoms with van der Waals surface area (Å²) >= 11 is 0. The zero-order chi connectivity index (χ0) is 18.2. The lowest BCUT2D eigenvalue weighted by Gasteiger charge is -2.16. The Balaban J connectivity index is 2.22. The summed E-state index contributed by atoms with van der Waals surface area (Å²) in [5, 5.41) is 0. The monoisotopic (exact) mass is 340 g/mol. The molecule has 0 spiro atoms. The number of rotatable bonds is 2. The molecule has 3 aromatic carbocycles. The van der Waals surface area contributed by atoms with Gasteiger partial charge in [0.25, 0.3) is 0 Å². The molecule has 0 atom stereocenters.